The van der Waals surface area contributed by atoms with Gasteiger partial charge in [0.15, 0.2) is 5.96 Å². The van der Waals surface area contributed by atoms with Crippen molar-refractivity contribution >= 4 is 11.9 Å². The Labute approximate surface area is 129 Å². The highest BCUT2D eigenvalue weighted by Gasteiger charge is 2.18. The molecule has 1 heterocycles. The lowest BCUT2D eigenvalue weighted by molar-refractivity contribution is -0.127. The van der Waals surface area contributed by atoms with Gasteiger partial charge in [-0.1, -0.05) is 6.08 Å². The number of amides is 1. The summed E-state index contributed by atoms with van der Waals surface area (Å²) >= 11 is 0. The first-order valence-corrected chi connectivity index (χ1v) is 8.07. The van der Waals surface area contributed by atoms with Crippen LogP contribution in [0.4, 0.5) is 0 Å². The molecule has 1 aliphatic rings. The van der Waals surface area contributed by atoms with E-state index in [4.69, 9.17) is 0 Å². The number of carbonyl (C=O) groups is 1. The number of rotatable bonds is 9. The fraction of sp³-hybridized carbons (Fsp3) is 0.750. The molecule has 0 aliphatic carbocycles. The zero-order valence-corrected chi connectivity index (χ0v) is 13.6. The molecule has 0 aromatic rings. The van der Waals surface area contributed by atoms with E-state index in [0.29, 0.717) is 5.91 Å². The Morgan fingerprint density at radius 2 is 2.33 bits per heavy atom. The van der Waals surface area contributed by atoms with Crippen molar-refractivity contribution in [2.24, 2.45) is 4.99 Å². The predicted octanol–water partition coefficient (Wildman–Crippen LogP) is 1.86. The minimum absolute atomic E-state index is 0.299. The predicted molar refractivity (Wildman–Crippen MR) is 88.5 cm³/mol. The van der Waals surface area contributed by atoms with Crippen molar-refractivity contribution in [2.45, 2.75) is 39.0 Å². The van der Waals surface area contributed by atoms with Gasteiger partial charge in [0.1, 0.15) is 0 Å². The summed E-state index contributed by atoms with van der Waals surface area (Å²) in [5.41, 5.74) is 0. The summed E-state index contributed by atoms with van der Waals surface area (Å²) in [5.74, 6) is 1.25. The van der Waals surface area contributed by atoms with E-state index < -0.39 is 0 Å². The van der Waals surface area contributed by atoms with Gasteiger partial charge in [0, 0.05) is 46.2 Å². The largest absolute Gasteiger partial charge is 0.357 e. The van der Waals surface area contributed by atoms with Crippen LogP contribution in [0.1, 0.15) is 39.0 Å². The number of unbranched alkanes of at least 4 members (excludes halogenated alkanes) is 1. The van der Waals surface area contributed by atoms with Crippen molar-refractivity contribution in [1.29, 1.82) is 0 Å². The lowest BCUT2D eigenvalue weighted by Crippen LogP contribution is -2.39. The maximum atomic E-state index is 11.5. The van der Waals surface area contributed by atoms with Crippen LogP contribution in [0, 0.1) is 0 Å². The van der Waals surface area contributed by atoms with Gasteiger partial charge >= 0.3 is 0 Å². The van der Waals surface area contributed by atoms with Crippen molar-refractivity contribution in [3.63, 3.8) is 0 Å². The standard InChI is InChI=1S/C16H30N4O/c1-4-6-7-12-19(3)16(17-5-2)18-11-9-14-20-13-8-10-15(20)21/h4H,1,5-14H2,2-3H3,(H,17,18). The van der Waals surface area contributed by atoms with E-state index in [1.165, 1.54) is 0 Å². The minimum atomic E-state index is 0.299. The lowest BCUT2D eigenvalue weighted by atomic mass is 10.3. The number of carbonyl (C=O) groups excluding carboxylic acids is 1. The van der Waals surface area contributed by atoms with Gasteiger partial charge in [0.25, 0.3) is 0 Å². The average molecular weight is 294 g/mol. The van der Waals surface area contributed by atoms with E-state index in [0.717, 1.165) is 70.8 Å². The summed E-state index contributed by atoms with van der Waals surface area (Å²) < 4.78 is 0. The molecular weight excluding hydrogens is 264 g/mol. The molecule has 21 heavy (non-hydrogen) atoms. The van der Waals surface area contributed by atoms with E-state index in [1.807, 2.05) is 11.0 Å². The van der Waals surface area contributed by atoms with E-state index in [2.05, 4.69) is 35.8 Å². The molecule has 5 nitrogen and oxygen atoms in total. The number of aliphatic imine (C=N–C) groups is 1. The van der Waals surface area contributed by atoms with E-state index in [9.17, 15) is 4.79 Å². The Kier molecular flexibility index (Phi) is 8.55. The van der Waals surface area contributed by atoms with Gasteiger partial charge in [-0.3, -0.25) is 9.79 Å². The van der Waals surface area contributed by atoms with Gasteiger partial charge in [-0.05, 0) is 32.6 Å². The molecule has 1 saturated heterocycles. The second-order valence-corrected chi connectivity index (χ2v) is 5.43. The zero-order valence-electron chi connectivity index (χ0n) is 13.6. The van der Waals surface area contributed by atoms with Gasteiger partial charge in [0.2, 0.25) is 5.91 Å². The molecule has 0 aromatic heterocycles. The molecule has 0 aromatic carbocycles. The quantitative estimate of drug-likeness (QED) is 0.306. The third kappa shape index (κ3) is 6.65. The first-order valence-electron chi connectivity index (χ1n) is 8.07. The van der Waals surface area contributed by atoms with Crippen LogP contribution in [0.25, 0.3) is 0 Å². The zero-order chi connectivity index (χ0) is 15.5. The highest BCUT2D eigenvalue weighted by Crippen LogP contribution is 2.09. The summed E-state index contributed by atoms with van der Waals surface area (Å²) in [7, 11) is 2.06. The van der Waals surface area contributed by atoms with Crippen molar-refractivity contribution < 1.29 is 4.79 Å². The highest BCUT2D eigenvalue weighted by atomic mass is 16.2. The maximum Gasteiger partial charge on any atom is 0.222 e. The maximum absolute atomic E-state index is 11.5. The van der Waals surface area contributed by atoms with Crippen molar-refractivity contribution in [3.05, 3.63) is 12.7 Å². The number of hydrogen-bond acceptors (Lipinski definition) is 2. The molecule has 0 atom stereocenters. The van der Waals surface area contributed by atoms with Crippen molar-refractivity contribution in [3.8, 4) is 0 Å². The molecule has 1 amide bonds. The summed E-state index contributed by atoms with van der Waals surface area (Å²) in [6.45, 7) is 10.2. The minimum Gasteiger partial charge on any atom is -0.357 e. The van der Waals surface area contributed by atoms with Crippen LogP contribution in [-0.2, 0) is 4.79 Å². The van der Waals surface area contributed by atoms with Gasteiger partial charge < -0.3 is 15.1 Å². The van der Waals surface area contributed by atoms with Gasteiger partial charge in [-0.15, -0.1) is 6.58 Å². The topological polar surface area (TPSA) is 47.9 Å². The van der Waals surface area contributed by atoms with Crippen molar-refractivity contribution in [1.82, 2.24) is 15.1 Å². The van der Waals surface area contributed by atoms with Crippen molar-refractivity contribution in [2.75, 3.05) is 39.8 Å². The Balaban J connectivity index is 2.32. The molecule has 0 spiro atoms. The second kappa shape index (κ2) is 10.2. The first-order chi connectivity index (χ1) is 10.2. The van der Waals surface area contributed by atoms with E-state index >= 15 is 0 Å². The van der Waals surface area contributed by atoms with Crippen LogP contribution in [0.3, 0.4) is 0 Å². The molecule has 1 fully saturated rings. The number of nitrogens with one attached hydrogen (secondary N) is 1. The second-order valence-electron chi connectivity index (χ2n) is 5.43. The third-order valence-electron chi connectivity index (χ3n) is 3.62. The number of allylic oxidation sites excluding steroid dienone is 1. The third-order valence-corrected chi connectivity index (χ3v) is 3.62. The van der Waals surface area contributed by atoms with Crippen LogP contribution >= 0.6 is 0 Å². The molecule has 0 radical (unpaired) electrons. The Bertz CT molecular complexity index is 354. The molecule has 1 aliphatic heterocycles. The smallest absolute Gasteiger partial charge is 0.222 e. The molecule has 120 valence electrons. The molecule has 1 N–H and O–H groups in total. The molecular formula is C16H30N4O. The van der Waals surface area contributed by atoms with E-state index in [-0.39, 0.29) is 0 Å². The Morgan fingerprint density at radius 3 is 2.95 bits per heavy atom. The molecule has 0 saturated carbocycles. The lowest BCUT2D eigenvalue weighted by Gasteiger charge is -2.22. The van der Waals surface area contributed by atoms with Crippen LogP contribution < -0.4 is 5.32 Å². The van der Waals surface area contributed by atoms with Crippen LogP contribution in [0.2, 0.25) is 0 Å². The summed E-state index contributed by atoms with van der Waals surface area (Å²) in [6.07, 6.45) is 6.73. The Hall–Kier alpha value is -1.52. The fourth-order valence-electron chi connectivity index (χ4n) is 2.44. The molecule has 5 heteroatoms. The normalized spacial score (nSPS) is 15.4. The number of likely N-dealkylation sites (tertiary alicyclic amines) is 1. The van der Waals surface area contributed by atoms with Gasteiger partial charge in [-0.25, -0.2) is 0 Å². The van der Waals surface area contributed by atoms with Crippen LogP contribution in [0.5, 0.6) is 0 Å². The SMILES string of the molecule is C=CCCCN(C)C(=NCCCN1CCCC1=O)NCC. The number of nitrogens with zero attached hydrogens (tertiary/aromatic N) is 3. The first kappa shape index (κ1) is 17.5. The molecule has 0 bridgehead atoms. The van der Waals surface area contributed by atoms with Gasteiger partial charge in [0.05, 0.1) is 0 Å². The fourth-order valence-corrected chi connectivity index (χ4v) is 2.44. The van der Waals surface area contributed by atoms with Gasteiger partial charge in [-0.2, -0.15) is 0 Å². The van der Waals surface area contributed by atoms with E-state index in [1.54, 1.807) is 0 Å². The monoisotopic (exact) mass is 294 g/mol. The van der Waals surface area contributed by atoms with Crippen LogP contribution in [0.15, 0.2) is 17.6 Å². The highest BCUT2D eigenvalue weighted by molar-refractivity contribution is 5.79. The molecule has 0 unspecified atom stereocenters. The molecule has 1 rings (SSSR count). The average Bonchev–Trinajstić information content (AvgIpc) is 2.88. The number of guanidine groups is 1. The summed E-state index contributed by atoms with van der Waals surface area (Å²) in [4.78, 5) is 20.3. The summed E-state index contributed by atoms with van der Waals surface area (Å²) in [5, 5.41) is 3.32. The van der Waals surface area contributed by atoms with Crippen LogP contribution in [-0.4, -0.2) is 61.4 Å². The number of hydrogen-bond donors (Lipinski definition) is 1. The Morgan fingerprint density at radius 1 is 1.52 bits per heavy atom. The summed E-state index contributed by atoms with van der Waals surface area (Å²) in [6, 6.07) is 0.